The fourth-order valence-electron chi connectivity index (χ4n) is 4.85. The summed E-state index contributed by atoms with van der Waals surface area (Å²) < 4.78 is 42.4. The number of nitrogens with zero attached hydrogens (tertiary/aromatic N) is 2. The Morgan fingerprint density at radius 1 is 1.00 bits per heavy atom. The molecule has 1 aliphatic carbocycles. The largest absolute Gasteiger partial charge is 0.352 e. The van der Waals surface area contributed by atoms with Gasteiger partial charge in [0.1, 0.15) is 18.4 Å². The van der Waals surface area contributed by atoms with Crippen LogP contribution in [-0.2, 0) is 26.0 Å². The molecule has 40 heavy (non-hydrogen) atoms. The summed E-state index contributed by atoms with van der Waals surface area (Å²) in [6.07, 6.45) is 4.35. The second kappa shape index (κ2) is 13.3. The zero-order valence-electron chi connectivity index (χ0n) is 22.3. The van der Waals surface area contributed by atoms with Crippen molar-refractivity contribution in [2.45, 2.75) is 56.0 Å². The zero-order chi connectivity index (χ0) is 28.7. The maximum absolute atomic E-state index is 14.0. The van der Waals surface area contributed by atoms with Gasteiger partial charge in [-0.2, -0.15) is 0 Å². The van der Waals surface area contributed by atoms with Crippen molar-refractivity contribution in [2.24, 2.45) is 0 Å². The summed E-state index contributed by atoms with van der Waals surface area (Å²) in [4.78, 5) is 28.5. The maximum atomic E-state index is 14.0. The van der Waals surface area contributed by atoms with E-state index in [2.05, 4.69) is 5.32 Å². The van der Waals surface area contributed by atoms with Crippen LogP contribution in [0.1, 0.15) is 38.2 Å². The van der Waals surface area contributed by atoms with Crippen molar-refractivity contribution < 1.29 is 22.4 Å². The Kier molecular flexibility index (Phi) is 9.81. The topological polar surface area (TPSA) is 86.8 Å². The van der Waals surface area contributed by atoms with Gasteiger partial charge in [-0.1, -0.05) is 73.0 Å². The summed E-state index contributed by atoms with van der Waals surface area (Å²) >= 11 is 6.00. The summed E-state index contributed by atoms with van der Waals surface area (Å²) in [6, 6.07) is 19.9. The number of nitrogens with one attached hydrogen (secondary N) is 1. The number of benzene rings is 3. The van der Waals surface area contributed by atoms with Gasteiger partial charge in [-0.3, -0.25) is 13.9 Å². The van der Waals surface area contributed by atoms with E-state index in [1.807, 2.05) is 30.3 Å². The summed E-state index contributed by atoms with van der Waals surface area (Å²) in [6.45, 7) is 1.25. The summed E-state index contributed by atoms with van der Waals surface area (Å²) in [5.41, 5.74) is 1.01. The Bertz CT molecular complexity index is 1420. The van der Waals surface area contributed by atoms with Crippen molar-refractivity contribution in [1.82, 2.24) is 10.2 Å². The molecule has 1 saturated carbocycles. The van der Waals surface area contributed by atoms with E-state index in [-0.39, 0.29) is 34.1 Å². The van der Waals surface area contributed by atoms with Gasteiger partial charge in [0.25, 0.3) is 10.0 Å². The van der Waals surface area contributed by atoms with Crippen LogP contribution in [0.15, 0.2) is 83.8 Å². The summed E-state index contributed by atoms with van der Waals surface area (Å²) in [5, 5.41) is 2.77. The van der Waals surface area contributed by atoms with E-state index in [0.29, 0.717) is 6.42 Å². The van der Waals surface area contributed by atoms with Gasteiger partial charge in [0, 0.05) is 12.6 Å². The molecule has 4 rings (SSSR count). The molecule has 0 aromatic heterocycles. The van der Waals surface area contributed by atoms with Gasteiger partial charge < -0.3 is 10.2 Å². The Hall–Kier alpha value is -3.43. The lowest BCUT2D eigenvalue weighted by Gasteiger charge is -2.32. The third-order valence-corrected chi connectivity index (χ3v) is 9.23. The molecular weight excluding hydrogens is 553 g/mol. The number of carbonyl (C=O) groups is 2. The number of hydrogen-bond donors (Lipinski definition) is 1. The molecule has 1 atom stereocenters. The van der Waals surface area contributed by atoms with Crippen LogP contribution >= 0.6 is 11.6 Å². The van der Waals surface area contributed by atoms with Crippen molar-refractivity contribution in [1.29, 1.82) is 0 Å². The van der Waals surface area contributed by atoms with Gasteiger partial charge in [-0.15, -0.1) is 0 Å². The van der Waals surface area contributed by atoms with E-state index in [0.717, 1.165) is 41.6 Å². The molecule has 0 saturated heterocycles. The van der Waals surface area contributed by atoms with Crippen LogP contribution in [0.3, 0.4) is 0 Å². The summed E-state index contributed by atoms with van der Waals surface area (Å²) in [5.74, 6) is -1.56. The molecule has 0 radical (unpaired) electrons. The molecule has 2 amide bonds. The number of halogens is 2. The van der Waals surface area contributed by atoms with Crippen molar-refractivity contribution in [2.75, 3.05) is 17.4 Å². The number of rotatable bonds is 11. The minimum absolute atomic E-state index is 0.0360. The Morgan fingerprint density at radius 3 is 2.25 bits per heavy atom. The molecule has 0 aliphatic heterocycles. The predicted molar refractivity (Wildman–Crippen MR) is 154 cm³/mol. The molecule has 0 heterocycles. The third-order valence-electron chi connectivity index (χ3n) is 7.15. The highest BCUT2D eigenvalue weighted by Gasteiger charge is 2.33. The third kappa shape index (κ3) is 7.20. The van der Waals surface area contributed by atoms with Gasteiger partial charge >= 0.3 is 0 Å². The van der Waals surface area contributed by atoms with E-state index < -0.39 is 34.3 Å². The van der Waals surface area contributed by atoms with E-state index in [9.17, 15) is 22.4 Å². The lowest BCUT2D eigenvalue weighted by atomic mass is 10.1. The van der Waals surface area contributed by atoms with E-state index in [1.165, 1.54) is 29.2 Å². The quantitative estimate of drug-likeness (QED) is 0.335. The highest BCUT2D eigenvalue weighted by molar-refractivity contribution is 7.92. The van der Waals surface area contributed by atoms with Crippen molar-refractivity contribution in [3.8, 4) is 0 Å². The van der Waals surface area contributed by atoms with Crippen LogP contribution < -0.4 is 9.62 Å². The molecule has 1 N–H and O–H groups in total. The lowest BCUT2D eigenvalue weighted by Crippen LogP contribution is -2.53. The molecule has 7 nitrogen and oxygen atoms in total. The first-order chi connectivity index (χ1) is 19.2. The lowest BCUT2D eigenvalue weighted by molar-refractivity contribution is -0.139. The van der Waals surface area contributed by atoms with Gasteiger partial charge in [-0.05, 0) is 62.1 Å². The van der Waals surface area contributed by atoms with Crippen molar-refractivity contribution in [3.05, 3.63) is 95.3 Å². The summed E-state index contributed by atoms with van der Waals surface area (Å²) in [7, 11) is -4.24. The van der Waals surface area contributed by atoms with Gasteiger partial charge in [0.05, 0.1) is 15.6 Å². The molecule has 10 heteroatoms. The molecule has 0 bridgehead atoms. The fourth-order valence-corrected chi connectivity index (χ4v) is 6.45. The van der Waals surface area contributed by atoms with Crippen LogP contribution in [0.4, 0.5) is 10.1 Å². The molecule has 1 aliphatic rings. The van der Waals surface area contributed by atoms with E-state index in [4.69, 9.17) is 11.6 Å². The first-order valence-electron chi connectivity index (χ1n) is 13.3. The predicted octanol–water partition coefficient (Wildman–Crippen LogP) is 5.19. The SMILES string of the molecule is C[C@@H](C(=O)NC1CCCC1)N(CCc1ccccc1)C(=O)CN(c1ccc(F)c(Cl)c1)S(=O)(=O)c1ccccc1. The van der Waals surface area contributed by atoms with Gasteiger partial charge in [-0.25, -0.2) is 12.8 Å². The Labute approximate surface area is 240 Å². The minimum atomic E-state index is -4.24. The average Bonchev–Trinajstić information content (AvgIpc) is 3.47. The molecule has 3 aromatic carbocycles. The van der Waals surface area contributed by atoms with Crippen molar-refractivity contribution in [3.63, 3.8) is 0 Å². The molecule has 1 fully saturated rings. The number of anilines is 1. The van der Waals surface area contributed by atoms with Crippen LogP contribution in [0.5, 0.6) is 0 Å². The monoisotopic (exact) mass is 585 g/mol. The van der Waals surface area contributed by atoms with Gasteiger partial charge in [0.15, 0.2) is 0 Å². The first kappa shape index (κ1) is 29.6. The Balaban J connectivity index is 1.65. The van der Waals surface area contributed by atoms with Crippen LogP contribution in [0.2, 0.25) is 5.02 Å². The van der Waals surface area contributed by atoms with Crippen LogP contribution in [-0.4, -0.2) is 50.3 Å². The van der Waals surface area contributed by atoms with Crippen molar-refractivity contribution >= 4 is 39.1 Å². The molecule has 0 spiro atoms. The molecule has 212 valence electrons. The zero-order valence-corrected chi connectivity index (χ0v) is 23.9. The van der Waals surface area contributed by atoms with Crippen LogP contribution in [0, 0.1) is 5.82 Å². The fraction of sp³-hybridized carbons (Fsp3) is 0.333. The normalized spacial score (nSPS) is 14.5. The Morgan fingerprint density at radius 2 is 1.62 bits per heavy atom. The minimum Gasteiger partial charge on any atom is -0.352 e. The highest BCUT2D eigenvalue weighted by Crippen LogP contribution is 2.28. The highest BCUT2D eigenvalue weighted by atomic mass is 35.5. The second-order valence-electron chi connectivity index (χ2n) is 9.91. The maximum Gasteiger partial charge on any atom is 0.264 e. The smallest absolute Gasteiger partial charge is 0.264 e. The average molecular weight is 586 g/mol. The van der Waals surface area contributed by atoms with E-state index in [1.54, 1.807) is 25.1 Å². The van der Waals surface area contributed by atoms with Crippen LogP contribution in [0.25, 0.3) is 0 Å². The standard InChI is InChI=1S/C30H33ClFN3O4S/c1-22(30(37)33-24-12-8-9-13-24)34(19-18-23-10-4-2-5-11-23)29(36)21-35(25-16-17-28(32)27(31)20-25)40(38,39)26-14-6-3-7-15-26/h2-7,10-11,14-17,20,22,24H,8-9,12-13,18-19,21H2,1H3,(H,33,37)/t22-/m0/s1. The number of amides is 2. The molecule has 0 unspecified atom stereocenters. The van der Waals surface area contributed by atoms with Gasteiger partial charge in [0.2, 0.25) is 11.8 Å². The molecular formula is C30H33ClFN3O4S. The number of sulfonamides is 1. The number of hydrogen-bond acceptors (Lipinski definition) is 4. The first-order valence-corrected chi connectivity index (χ1v) is 15.1. The molecule has 3 aromatic rings. The van der Waals surface area contributed by atoms with E-state index >= 15 is 0 Å². The second-order valence-corrected chi connectivity index (χ2v) is 12.2. The number of carbonyl (C=O) groups excluding carboxylic acids is 2.